The highest BCUT2D eigenvalue weighted by atomic mass is 16.6. The highest BCUT2D eigenvalue weighted by molar-refractivity contribution is 5.82. The maximum atomic E-state index is 11.6. The number of rotatable bonds is 4. The maximum Gasteiger partial charge on any atom is 0.410 e. The van der Waals surface area contributed by atoms with Crippen LogP contribution in [0.2, 0.25) is 0 Å². The summed E-state index contributed by atoms with van der Waals surface area (Å²) >= 11 is 0. The first-order chi connectivity index (χ1) is 6.69. The molecule has 0 spiro atoms. The van der Waals surface area contributed by atoms with Gasteiger partial charge in [0, 0.05) is 13.1 Å². The molecule has 5 nitrogen and oxygen atoms in total. The summed E-state index contributed by atoms with van der Waals surface area (Å²) in [6.07, 6.45) is -0.384. The van der Waals surface area contributed by atoms with Gasteiger partial charge in [0.15, 0.2) is 0 Å². The molecule has 0 atom stereocenters. The Balaban J connectivity index is 2.43. The molecule has 1 fully saturated rings. The van der Waals surface area contributed by atoms with E-state index in [9.17, 15) is 9.59 Å². The van der Waals surface area contributed by atoms with Crippen LogP contribution in [0.5, 0.6) is 0 Å². The molecule has 14 heavy (non-hydrogen) atoms. The molecule has 1 saturated heterocycles. The van der Waals surface area contributed by atoms with Crippen molar-refractivity contribution in [2.75, 3.05) is 32.8 Å². The number of amides is 2. The minimum absolute atomic E-state index is 0.0196. The number of likely N-dealkylation sites (N-methyl/N-ethyl adjacent to an activating group) is 1. The molecule has 0 aromatic heterocycles. The van der Waals surface area contributed by atoms with Gasteiger partial charge in [0.1, 0.15) is 13.2 Å². The van der Waals surface area contributed by atoms with Crippen LogP contribution in [0.4, 0.5) is 4.79 Å². The lowest BCUT2D eigenvalue weighted by Gasteiger charge is -2.21. The molecule has 1 rings (SSSR count). The topological polar surface area (TPSA) is 49.9 Å². The van der Waals surface area contributed by atoms with Gasteiger partial charge < -0.3 is 9.64 Å². The van der Waals surface area contributed by atoms with Gasteiger partial charge in [-0.3, -0.25) is 9.69 Å². The van der Waals surface area contributed by atoms with Gasteiger partial charge in [-0.2, -0.15) is 0 Å². The molecule has 0 aromatic rings. The van der Waals surface area contributed by atoms with E-state index in [1.54, 1.807) is 4.90 Å². The van der Waals surface area contributed by atoms with Crippen LogP contribution >= 0.6 is 0 Å². The molecule has 0 aliphatic carbocycles. The monoisotopic (exact) mass is 200 g/mol. The number of hydrogen-bond donors (Lipinski definition) is 0. The van der Waals surface area contributed by atoms with Crippen molar-refractivity contribution in [3.63, 3.8) is 0 Å². The summed E-state index contributed by atoms with van der Waals surface area (Å²) in [6, 6.07) is 0. The van der Waals surface area contributed by atoms with Crippen LogP contribution in [0.3, 0.4) is 0 Å². The van der Waals surface area contributed by atoms with E-state index in [2.05, 4.69) is 0 Å². The van der Waals surface area contributed by atoms with Crippen molar-refractivity contribution in [3.8, 4) is 0 Å². The first-order valence-corrected chi connectivity index (χ1v) is 4.88. The van der Waals surface area contributed by atoms with Crippen molar-refractivity contribution >= 4 is 12.0 Å². The lowest BCUT2D eigenvalue weighted by Crippen LogP contribution is -2.40. The smallest absolute Gasteiger partial charge is 0.410 e. The van der Waals surface area contributed by atoms with Crippen LogP contribution < -0.4 is 0 Å². The van der Waals surface area contributed by atoms with E-state index in [-0.39, 0.29) is 18.5 Å². The van der Waals surface area contributed by atoms with Crippen LogP contribution in [-0.2, 0) is 9.53 Å². The van der Waals surface area contributed by atoms with Crippen molar-refractivity contribution in [2.45, 2.75) is 13.8 Å². The molecule has 0 saturated carbocycles. The second kappa shape index (κ2) is 4.83. The number of ether oxygens (including phenoxy) is 1. The summed E-state index contributed by atoms with van der Waals surface area (Å²) in [6.45, 7) is 6.25. The Labute approximate surface area is 83.6 Å². The van der Waals surface area contributed by atoms with Gasteiger partial charge in [-0.05, 0) is 13.8 Å². The Morgan fingerprint density at radius 1 is 1.50 bits per heavy atom. The molecule has 0 unspecified atom stereocenters. The highest BCUT2D eigenvalue weighted by Gasteiger charge is 2.25. The zero-order valence-corrected chi connectivity index (χ0v) is 8.65. The first-order valence-electron chi connectivity index (χ1n) is 4.88. The zero-order chi connectivity index (χ0) is 10.6. The normalized spacial score (nSPS) is 15.6. The third-order valence-electron chi connectivity index (χ3n) is 2.29. The van der Waals surface area contributed by atoms with Gasteiger partial charge in [0.05, 0.1) is 6.54 Å². The third-order valence-corrected chi connectivity index (χ3v) is 2.29. The number of carbonyl (C=O) groups excluding carboxylic acids is 2. The predicted molar refractivity (Wildman–Crippen MR) is 50.8 cm³/mol. The largest absolute Gasteiger partial charge is 0.448 e. The van der Waals surface area contributed by atoms with Crippen molar-refractivity contribution in [2.24, 2.45) is 0 Å². The molecule has 1 heterocycles. The van der Waals surface area contributed by atoms with Gasteiger partial charge >= 0.3 is 6.09 Å². The number of hydrogen-bond acceptors (Lipinski definition) is 3. The fourth-order valence-electron chi connectivity index (χ4n) is 1.41. The van der Waals surface area contributed by atoms with E-state index in [1.165, 1.54) is 4.90 Å². The molecule has 1 aliphatic heterocycles. The van der Waals surface area contributed by atoms with Crippen LogP contribution in [0.15, 0.2) is 0 Å². The van der Waals surface area contributed by atoms with Crippen molar-refractivity contribution in [3.05, 3.63) is 0 Å². The van der Waals surface area contributed by atoms with E-state index >= 15 is 0 Å². The lowest BCUT2D eigenvalue weighted by atomic mass is 10.4. The third kappa shape index (κ3) is 2.37. The second-order valence-corrected chi connectivity index (χ2v) is 3.10. The molecular weight excluding hydrogens is 184 g/mol. The maximum absolute atomic E-state index is 11.6. The molecule has 2 amide bonds. The summed E-state index contributed by atoms with van der Waals surface area (Å²) in [7, 11) is 0. The zero-order valence-electron chi connectivity index (χ0n) is 8.65. The van der Waals surface area contributed by atoms with Gasteiger partial charge in [0.2, 0.25) is 5.91 Å². The van der Waals surface area contributed by atoms with Crippen molar-refractivity contribution < 1.29 is 14.3 Å². The lowest BCUT2D eigenvalue weighted by molar-refractivity contribution is -0.131. The summed E-state index contributed by atoms with van der Waals surface area (Å²) < 4.78 is 4.73. The first kappa shape index (κ1) is 10.8. The quantitative estimate of drug-likeness (QED) is 0.656. The average molecular weight is 200 g/mol. The Morgan fingerprint density at radius 2 is 2.14 bits per heavy atom. The van der Waals surface area contributed by atoms with E-state index in [0.29, 0.717) is 26.2 Å². The highest BCUT2D eigenvalue weighted by Crippen LogP contribution is 2.03. The van der Waals surface area contributed by atoms with Crippen LogP contribution in [0, 0.1) is 0 Å². The van der Waals surface area contributed by atoms with Gasteiger partial charge in [-0.1, -0.05) is 0 Å². The van der Waals surface area contributed by atoms with E-state index in [1.807, 2.05) is 13.8 Å². The Morgan fingerprint density at radius 3 is 2.57 bits per heavy atom. The summed E-state index contributed by atoms with van der Waals surface area (Å²) in [5.41, 5.74) is 0. The van der Waals surface area contributed by atoms with Crippen molar-refractivity contribution in [1.82, 2.24) is 9.80 Å². The number of nitrogens with zero attached hydrogens (tertiary/aromatic N) is 2. The Kier molecular flexibility index (Phi) is 3.73. The molecule has 80 valence electrons. The molecule has 0 aromatic carbocycles. The average Bonchev–Trinajstić information content (AvgIpc) is 2.54. The summed E-state index contributed by atoms with van der Waals surface area (Å²) in [5.74, 6) is -0.0196. The molecule has 0 bridgehead atoms. The Bertz CT molecular complexity index is 226. The molecule has 0 N–H and O–H groups in total. The fraction of sp³-hybridized carbons (Fsp3) is 0.778. The van der Waals surface area contributed by atoms with E-state index in [0.717, 1.165) is 0 Å². The fourth-order valence-corrected chi connectivity index (χ4v) is 1.41. The standard InChI is InChI=1S/C9H16N2O3/c1-3-10(4-2)8(12)7-11-5-6-14-9(11)13/h3-7H2,1-2H3. The second-order valence-electron chi connectivity index (χ2n) is 3.10. The van der Waals surface area contributed by atoms with E-state index < -0.39 is 0 Å². The molecular formula is C9H16N2O3. The van der Waals surface area contributed by atoms with Gasteiger partial charge in [0.25, 0.3) is 0 Å². The molecule has 5 heteroatoms. The van der Waals surface area contributed by atoms with Gasteiger partial charge in [-0.25, -0.2) is 4.79 Å². The van der Waals surface area contributed by atoms with Crippen LogP contribution in [0.25, 0.3) is 0 Å². The molecule has 0 radical (unpaired) electrons. The van der Waals surface area contributed by atoms with Crippen LogP contribution in [-0.4, -0.2) is 54.6 Å². The number of carbonyl (C=O) groups is 2. The molecule has 1 aliphatic rings. The van der Waals surface area contributed by atoms with E-state index in [4.69, 9.17) is 4.74 Å². The minimum Gasteiger partial charge on any atom is -0.448 e. The SMILES string of the molecule is CCN(CC)C(=O)CN1CCOC1=O. The predicted octanol–water partition coefficient (Wildman–Crippen LogP) is 0.307. The summed E-state index contributed by atoms with van der Waals surface area (Å²) in [4.78, 5) is 25.8. The van der Waals surface area contributed by atoms with Crippen LogP contribution in [0.1, 0.15) is 13.8 Å². The number of cyclic esters (lactones) is 1. The van der Waals surface area contributed by atoms with Crippen molar-refractivity contribution in [1.29, 1.82) is 0 Å². The minimum atomic E-state index is -0.384. The Hall–Kier alpha value is -1.26. The summed E-state index contributed by atoms with van der Waals surface area (Å²) in [5, 5.41) is 0. The van der Waals surface area contributed by atoms with Gasteiger partial charge in [-0.15, -0.1) is 0 Å².